The topological polar surface area (TPSA) is 38.7 Å². The van der Waals surface area contributed by atoms with Gasteiger partial charge in [0.15, 0.2) is 5.82 Å². The van der Waals surface area contributed by atoms with Crippen molar-refractivity contribution in [2.24, 2.45) is 0 Å². The highest BCUT2D eigenvalue weighted by molar-refractivity contribution is 6.66. The second-order valence-electron chi connectivity index (χ2n) is 2.87. The van der Waals surface area contributed by atoms with Gasteiger partial charge in [-0.1, -0.05) is 34.8 Å². The maximum Gasteiger partial charge on any atom is 0.250 e. The van der Waals surface area contributed by atoms with Gasteiger partial charge in [-0.25, -0.2) is 15.0 Å². The standard InChI is InChI=1S/C8H8Cl5N3/c9-3-1-5-14-6(2-4-10)16-7(15-5)8(11,12)13/h1-4H2. The lowest BCUT2D eigenvalue weighted by atomic mass is 10.4. The number of halogens is 5. The summed E-state index contributed by atoms with van der Waals surface area (Å²) in [5.41, 5.74) is 0. The lowest BCUT2D eigenvalue weighted by Crippen LogP contribution is -2.14. The van der Waals surface area contributed by atoms with E-state index >= 15 is 0 Å². The Kier molecular flexibility index (Phi) is 5.82. The number of hydrogen-bond acceptors (Lipinski definition) is 3. The molecule has 0 bridgehead atoms. The van der Waals surface area contributed by atoms with E-state index in [2.05, 4.69) is 15.0 Å². The fraction of sp³-hybridized carbons (Fsp3) is 0.625. The molecule has 16 heavy (non-hydrogen) atoms. The van der Waals surface area contributed by atoms with Crippen molar-refractivity contribution in [2.75, 3.05) is 11.8 Å². The predicted molar refractivity (Wildman–Crippen MR) is 67.9 cm³/mol. The SMILES string of the molecule is ClCCc1nc(CCCl)nc(C(Cl)(Cl)Cl)n1. The van der Waals surface area contributed by atoms with E-state index in [1.54, 1.807) is 0 Å². The average molecular weight is 323 g/mol. The molecule has 90 valence electrons. The number of rotatable bonds is 4. The largest absolute Gasteiger partial charge is 0.250 e. The van der Waals surface area contributed by atoms with Gasteiger partial charge in [-0.05, 0) is 0 Å². The van der Waals surface area contributed by atoms with Gasteiger partial charge >= 0.3 is 0 Å². The molecule has 1 aromatic heterocycles. The molecule has 1 aromatic rings. The molecule has 1 heterocycles. The first-order valence-corrected chi connectivity index (χ1v) is 6.60. The van der Waals surface area contributed by atoms with Crippen LogP contribution in [0.25, 0.3) is 0 Å². The van der Waals surface area contributed by atoms with Crippen molar-refractivity contribution >= 4 is 58.0 Å². The smallest absolute Gasteiger partial charge is 0.218 e. The summed E-state index contributed by atoms with van der Waals surface area (Å²) in [6, 6.07) is 0. The molecule has 0 aliphatic rings. The van der Waals surface area contributed by atoms with Crippen molar-refractivity contribution in [1.82, 2.24) is 15.0 Å². The van der Waals surface area contributed by atoms with Crippen LogP contribution in [0.15, 0.2) is 0 Å². The number of aromatic nitrogens is 3. The quantitative estimate of drug-likeness (QED) is 0.798. The van der Waals surface area contributed by atoms with E-state index in [1.165, 1.54) is 0 Å². The minimum absolute atomic E-state index is 0.104. The van der Waals surface area contributed by atoms with Crippen LogP contribution in [-0.2, 0) is 16.6 Å². The normalized spacial score (nSPS) is 11.8. The number of aryl methyl sites for hydroxylation is 2. The third-order valence-corrected chi connectivity index (χ3v) is 2.50. The maximum atomic E-state index is 5.71. The Morgan fingerprint density at radius 2 is 1.25 bits per heavy atom. The number of alkyl halides is 5. The molecule has 0 amide bonds. The highest BCUT2D eigenvalue weighted by Crippen LogP contribution is 2.35. The monoisotopic (exact) mass is 321 g/mol. The molecule has 1 rings (SSSR count). The van der Waals surface area contributed by atoms with Crippen LogP contribution in [0.5, 0.6) is 0 Å². The summed E-state index contributed by atoms with van der Waals surface area (Å²) in [5, 5.41) is 0. The molecule has 0 aliphatic carbocycles. The molecular formula is C8H8Cl5N3. The number of hydrogen-bond donors (Lipinski definition) is 0. The van der Waals surface area contributed by atoms with E-state index in [0.717, 1.165) is 0 Å². The maximum absolute atomic E-state index is 5.71. The molecule has 3 nitrogen and oxygen atoms in total. The van der Waals surface area contributed by atoms with E-state index in [0.29, 0.717) is 36.3 Å². The third kappa shape index (κ3) is 4.38. The summed E-state index contributed by atoms with van der Waals surface area (Å²) in [6.45, 7) is 0. The first kappa shape index (κ1) is 14.5. The van der Waals surface area contributed by atoms with Crippen LogP contribution in [0, 0.1) is 0 Å². The zero-order valence-electron chi connectivity index (χ0n) is 8.06. The van der Waals surface area contributed by atoms with Gasteiger partial charge in [0, 0.05) is 24.6 Å². The Labute approximate surface area is 118 Å². The zero-order chi connectivity index (χ0) is 12.2. The lowest BCUT2D eigenvalue weighted by molar-refractivity contribution is 0.780. The van der Waals surface area contributed by atoms with Crippen LogP contribution in [0.2, 0.25) is 0 Å². The van der Waals surface area contributed by atoms with Crippen LogP contribution < -0.4 is 0 Å². The summed E-state index contributed by atoms with van der Waals surface area (Å²) < 4.78 is -1.66. The van der Waals surface area contributed by atoms with Crippen LogP contribution in [0.1, 0.15) is 17.5 Å². The molecule has 0 unspecified atom stereocenters. The highest BCUT2D eigenvalue weighted by atomic mass is 35.6. The van der Waals surface area contributed by atoms with Gasteiger partial charge in [-0.15, -0.1) is 23.2 Å². The molecule has 8 heteroatoms. The lowest BCUT2D eigenvalue weighted by Gasteiger charge is -2.11. The molecule has 0 aliphatic heterocycles. The molecule has 0 aromatic carbocycles. The van der Waals surface area contributed by atoms with Gasteiger partial charge < -0.3 is 0 Å². The predicted octanol–water partition coefficient (Wildman–Crippen LogP) is 3.26. The van der Waals surface area contributed by atoms with Crippen LogP contribution >= 0.6 is 58.0 Å². The van der Waals surface area contributed by atoms with E-state index < -0.39 is 3.79 Å². The second-order valence-corrected chi connectivity index (χ2v) is 5.90. The van der Waals surface area contributed by atoms with Crippen LogP contribution in [-0.4, -0.2) is 26.7 Å². The van der Waals surface area contributed by atoms with E-state index in [4.69, 9.17) is 58.0 Å². The Morgan fingerprint density at radius 3 is 1.56 bits per heavy atom. The first-order valence-electron chi connectivity index (χ1n) is 4.40. The Hall–Kier alpha value is 0.460. The average Bonchev–Trinajstić information content (AvgIpc) is 2.17. The Morgan fingerprint density at radius 1 is 0.812 bits per heavy atom. The molecule has 0 spiro atoms. The summed E-state index contributed by atoms with van der Waals surface area (Å²) >= 11 is 28.4. The molecule has 0 saturated heterocycles. The summed E-state index contributed by atoms with van der Waals surface area (Å²) in [6.07, 6.45) is 0.986. The van der Waals surface area contributed by atoms with E-state index in [9.17, 15) is 0 Å². The third-order valence-electron chi connectivity index (χ3n) is 1.62. The minimum atomic E-state index is -1.66. The van der Waals surface area contributed by atoms with E-state index in [1.807, 2.05) is 0 Å². The van der Waals surface area contributed by atoms with Gasteiger partial charge in [-0.2, -0.15) is 0 Å². The van der Waals surface area contributed by atoms with Crippen molar-refractivity contribution in [3.8, 4) is 0 Å². The molecule has 0 fully saturated rings. The Bertz CT molecular complexity index is 328. The van der Waals surface area contributed by atoms with Crippen molar-refractivity contribution < 1.29 is 0 Å². The first-order chi connectivity index (χ1) is 7.47. The zero-order valence-corrected chi connectivity index (χ0v) is 11.8. The fourth-order valence-electron chi connectivity index (χ4n) is 0.988. The summed E-state index contributed by atoms with van der Waals surface area (Å²) in [4.78, 5) is 12.2. The van der Waals surface area contributed by atoms with Crippen LogP contribution in [0.4, 0.5) is 0 Å². The van der Waals surface area contributed by atoms with Gasteiger partial charge in [-0.3, -0.25) is 0 Å². The van der Waals surface area contributed by atoms with Gasteiger partial charge in [0.1, 0.15) is 11.6 Å². The number of nitrogens with zero attached hydrogens (tertiary/aromatic N) is 3. The molecular weight excluding hydrogens is 315 g/mol. The summed E-state index contributed by atoms with van der Waals surface area (Å²) in [7, 11) is 0. The summed E-state index contributed by atoms with van der Waals surface area (Å²) in [5.74, 6) is 1.90. The molecule has 0 saturated carbocycles. The highest BCUT2D eigenvalue weighted by Gasteiger charge is 2.28. The van der Waals surface area contributed by atoms with Gasteiger partial charge in [0.25, 0.3) is 0 Å². The van der Waals surface area contributed by atoms with Crippen molar-refractivity contribution in [3.05, 3.63) is 17.5 Å². The molecule has 0 radical (unpaired) electrons. The minimum Gasteiger partial charge on any atom is -0.218 e. The Balaban J connectivity index is 3.08. The molecule has 0 N–H and O–H groups in total. The van der Waals surface area contributed by atoms with Crippen molar-refractivity contribution in [1.29, 1.82) is 0 Å². The van der Waals surface area contributed by atoms with Gasteiger partial charge in [0.2, 0.25) is 3.79 Å². The van der Waals surface area contributed by atoms with Crippen LogP contribution in [0.3, 0.4) is 0 Å². The van der Waals surface area contributed by atoms with Gasteiger partial charge in [0.05, 0.1) is 0 Å². The van der Waals surface area contributed by atoms with E-state index in [-0.39, 0.29) is 5.82 Å². The van der Waals surface area contributed by atoms with Crippen molar-refractivity contribution in [2.45, 2.75) is 16.6 Å². The van der Waals surface area contributed by atoms with Crippen molar-refractivity contribution in [3.63, 3.8) is 0 Å². The molecule has 0 atom stereocenters. The second kappa shape index (κ2) is 6.41. The fourth-order valence-corrected chi connectivity index (χ4v) is 1.58.